The molecular weight excluding hydrogens is 256 g/mol. The summed E-state index contributed by atoms with van der Waals surface area (Å²) in [6, 6.07) is 11.8. The molecule has 5 nitrogen and oxygen atoms in total. The first-order valence-corrected chi connectivity index (χ1v) is 6.12. The van der Waals surface area contributed by atoms with Gasteiger partial charge in [-0.05, 0) is 23.8 Å². The van der Waals surface area contributed by atoms with E-state index in [4.69, 9.17) is 10.5 Å². The zero-order valence-electron chi connectivity index (χ0n) is 11.1. The Kier molecular flexibility index (Phi) is 4.22. The summed E-state index contributed by atoms with van der Waals surface area (Å²) in [5, 5.41) is 12.6. The molecule has 0 radical (unpaired) electrons. The lowest BCUT2D eigenvalue weighted by atomic mass is 10.1. The van der Waals surface area contributed by atoms with Crippen LogP contribution < -0.4 is 15.8 Å². The third-order valence-corrected chi connectivity index (χ3v) is 2.94. The van der Waals surface area contributed by atoms with Crippen molar-refractivity contribution in [2.24, 2.45) is 5.73 Å². The number of hydrogen-bond acceptors (Lipinski definition) is 4. The molecule has 104 valence electrons. The van der Waals surface area contributed by atoms with E-state index in [0.29, 0.717) is 18.0 Å². The summed E-state index contributed by atoms with van der Waals surface area (Å²) in [5.74, 6) is -0.0421. The van der Waals surface area contributed by atoms with Gasteiger partial charge in [-0.1, -0.05) is 18.2 Å². The Morgan fingerprint density at radius 2 is 2.05 bits per heavy atom. The van der Waals surface area contributed by atoms with Crippen molar-refractivity contribution in [1.82, 2.24) is 0 Å². The number of benzene rings is 2. The van der Waals surface area contributed by atoms with Crippen molar-refractivity contribution in [3.63, 3.8) is 0 Å². The van der Waals surface area contributed by atoms with E-state index < -0.39 is 5.91 Å². The van der Waals surface area contributed by atoms with E-state index in [9.17, 15) is 9.90 Å². The van der Waals surface area contributed by atoms with E-state index in [0.717, 1.165) is 5.56 Å². The highest BCUT2D eigenvalue weighted by Gasteiger charge is 2.13. The van der Waals surface area contributed by atoms with Gasteiger partial charge in [0.15, 0.2) is 0 Å². The number of nitrogens with two attached hydrogens (primary N) is 1. The molecular formula is C15H16N2O3. The number of phenolic OH excluding ortho intramolecular Hbond substituents is 1. The molecule has 4 N–H and O–H groups in total. The first kappa shape index (κ1) is 13.9. The second-order valence-electron chi connectivity index (χ2n) is 4.20. The van der Waals surface area contributed by atoms with Gasteiger partial charge in [-0.25, -0.2) is 0 Å². The number of methoxy groups -OCH3 is 1. The molecule has 0 atom stereocenters. The lowest BCUT2D eigenvalue weighted by molar-refractivity contribution is 0.102. The minimum absolute atomic E-state index is 0.132. The predicted octanol–water partition coefficient (Wildman–Crippen LogP) is 2.11. The molecule has 0 bridgehead atoms. The Morgan fingerprint density at radius 1 is 1.30 bits per heavy atom. The summed E-state index contributed by atoms with van der Waals surface area (Å²) in [4.78, 5) is 12.1. The van der Waals surface area contributed by atoms with E-state index in [-0.39, 0.29) is 11.3 Å². The second-order valence-corrected chi connectivity index (χ2v) is 4.20. The molecule has 0 fully saturated rings. The largest absolute Gasteiger partial charge is 0.507 e. The molecule has 0 aliphatic carbocycles. The number of amides is 1. The monoisotopic (exact) mass is 272 g/mol. The molecule has 0 unspecified atom stereocenters. The Morgan fingerprint density at radius 3 is 2.70 bits per heavy atom. The molecule has 2 rings (SSSR count). The number of carbonyl (C=O) groups excluding carboxylic acids is 1. The first-order chi connectivity index (χ1) is 9.65. The van der Waals surface area contributed by atoms with Gasteiger partial charge in [0.25, 0.3) is 5.91 Å². The fraction of sp³-hybridized carbons (Fsp3) is 0.133. The van der Waals surface area contributed by atoms with Crippen LogP contribution in [-0.4, -0.2) is 18.1 Å². The van der Waals surface area contributed by atoms with Crippen LogP contribution in [0.3, 0.4) is 0 Å². The molecule has 0 heterocycles. The highest BCUT2D eigenvalue weighted by molar-refractivity contribution is 6.06. The van der Waals surface area contributed by atoms with E-state index in [1.807, 2.05) is 18.2 Å². The van der Waals surface area contributed by atoms with Crippen LogP contribution >= 0.6 is 0 Å². The number of rotatable bonds is 4. The summed E-state index contributed by atoms with van der Waals surface area (Å²) in [6.45, 7) is 0.324. The standard InChI is InChI=1S/C15H16N2O3/c1-20-11-6-7-12(14(18)8-11)15(19)17-13-5-3-2-4-10(13)9-16/h2-8,18H,9,16H2,1H3,(H,17,19). The number of phenols is 1. The number of hydrogen-bond donors (Lipinski definition) is 3. The molecule has 20 heavy (non-hydrogen) atoms. The second kappa shape index (κ2) is 6.08. The molecule has 0 saturated heterocycles. The van der Waals surface area contributed by atoms with Crippen molar-refractivity contribution in [2.75, 3.05) is 12.4 Å². The van der Waals surface area contributed by atoms with Gasteiger partial charge in [-0.3, -0.25) is 4.79 Å². The minimum atomic E-state index is -0.397. The summed E-state index contributed by atoms with van der Waals surface area (Å²) < 4.78 is 4.98. The normalized spacial score (nSPS) is 10.1. The molecule has 0 aromatic heterocycles. The van der Waals surface area contributed by atoms with Crippen LogP contribution in [0.4, 0.5) is 5.69 Å². The van der Waals surface area contributed by atoms with Gasteiger partial charge in [0.2, 0.25) is 0 Å². The predicted molar refractivity (Wildman–Crippen MR) is 76.9 cm³/mol. The van der Waals surface area contributed by atoms with Gasteiger partial charge in [0, 0.05) is 18.3 Å². The zero-order valence-corrected chi connectivity index (χ0v) is 11.1. The van der Waals surface area contributed by atoms with Crippen LogP contribution in [0, 0.1) is 0 Å². The van der Waals surface area contributed by atoms with Crippen molar-refractivity contribution in [2.45, 2.75) is 6.54 Å². The average molecular weight is 272 g/mol. The van der Waals surface area contributed by atoms with Gasteiger partial charge in [0.05, 0.1) is 12.7 Å². The average Bonchev–Trinajstić information content (AvgIpc) is 2.47. The number of anilines is 1. The third-order valence-electron chi connectivity index (χ3n) is 2.94. The van der Waals surface area contributed by atoms with Crippen LogP contribution in [0.1, 0.15) is 15.9 Å². The summed E-state index contributed by atoms with van der Waals surface area (Å²) in [6.07, 6.45) is 0. The quantitative estimate of drug-likeness (QED) is 0.795. The lowest BCUT2D eigenvalue weighted by Crippen LogP contribution is -2.14. The summed E-state index contributed by atoms with van der Waals surface area (Å²) in [5.41, 5.74) is 7.26. The van der Waals surface area contributed by atoms with Gasteiger partial charge < -0.3 is 20.9 Å². The number of para-hydroxylation sites is 1. The van der Waals surface area contributed by atoms with Gasteiger partial charge in [-0.2, -0.15) is 0 Å². The molecule has 0 aliphatic rings. The molecule has 2 aromatic carbocycles. The van der Waals surface area contributed by atoms with Crippen molar-refractivity contribution in [3.05, 3.63) is 53.6 Å². The number of aromatic hydroxyl groups is 1. The highest BCUT2D eigenvalue weighted by atomic mass is 16.5. The fourth-order valence-corrected chi connectivity index (χ4v) is 1.84. The lowest BCUT2D eigenvalue weighted by Gasteiger charge is -2.11. The molecule has 0 spiro atoms. The fourth-order valence-electron chi connectivity index (χ4n) is 1.84. The van der Waals surface area contributed by atoms with Crippen molar-refractivity contribution < 1.29 is 14.6 Å². The minimum Gasteiger partial charge on any atom is -0.507 e. The van der Waals surface area contributed by atoms with Crippen LogP contribution in [-0.2, 0) is 6.54 Å². The maximum Gasteiger partial charge on any atom is 0.259 e. The SMILES string of the molecule is COc1ccc(C(=O)Nc2ccccc2CN)c(O)c1. The molecule has 1 amide bonds. The Balaban J connectivity index is 2.24. The van der Waals surface area contributed by atoms with Gasteiger partial charge in [0.1, 0.15) is 11.5 Å². The molecule has 5 heteroatoms. The van der Waals surface area contributed by atoms with Gasteiger partial charge in [-0.15, -0.1) is 0 Å². The van der Waals surface area contributed by atoms with E-state index >= 15 is 0 Å². The van der Waals surface area contributed by atoms with Crippen molar-refractivity contribution in [3.8, 4) is 11.5 Å². The number of carbonyl (C=O) groups is 1. The summed E-state index contributed by atoms with van der Waals surface area (Å²) in [7, 11) is 1.49. The van der Waals surface area contributed by atoms with Crippen molar-refractivity contribution in [1.29, 1.82) is 0 Å². The Labute approximate surface area is 117 Å². The third kappa shape index (κ3) is 2.89. The topological polar surface area (TPSA) is 84.6 Å². The van der Waals surface area contributed by atoms with Crippen LogP contribution in [0.25, 0.3) is 0 Å². The zero-order chi connectivity index (χ0) is 14.5. The van der Waals surface area contributed by atoms with Crippen molar-refractivity contribution >= 4 is 11.6 Å². The van der Waals surface area contributed by atoms with Gasteiger partial charge >= 0.3 is 0 Å². The number of ether oxygens (including phenoxy) is 1. The van der Waals surface area contributed by atoms with E-state index in [2.05, 4.69) is 5.32 Å². The van der Waals surface area contributed by atoms with Crippen LogP contribution in [0.2, 0.25) is 0 Å². The summed E-state index contributed by atoms with van der Waals surface area (Å²) >= 11 is 0. The van der Waals surface area contributed by atoms with E-state index in [1.54, 1.807) is 12.1 Å². The van der Waals surface area contributed by atoms with Crippen LogP contribution in [0.15, 0.2) is 42.5 Å². The van der Waals surface area contributed by atoms with E-state index in [1.165, 1.54) is 19.2 Å². The molecule has 0 aliphatic heterocycles. The smallest absolute Gasteiger partial charge is 0.259 e. The Hall–Kier alpha value is -2.53. The Bertz CT molecular complexity index is 626. The van der Waals surface area contributed by atoms with Crippen LogP contribution in [0.5, 0.6) is 11.5 Å². The molecule has 2 aromatic rings. The first-order valence-electron chi connectivity index (χ1n) is 6.12. The molecule has 0 saturated carbocycles. The maximum absolute atomic E-state index is 12.1. The highest BCUT2D eigenvalue weighted by Crippen LogP contribution is 2.24. The number of nitrogens with one attached hydrogen (secondary N) is 1. The maximum atomic E-state index is 12.1.